The Balaban J connectivity index is 0.980. The molecular weight excluding hydrogens is 777 g/mol. The molecule has 0 N–H and O–H groups in total. The molecule has 5 aromatic heterocycles. The topological polar surface area (TPSA) is 48.8 Å². The fraction of sp³-hybridized carbons (Fsp3) is 0. The van der Waals surface area contributed by atoms with E-state index >= 15 is 0 Å². The van der Waals surface area contributed by atoms with Crippen LogP contribution in [-0.2, 0) is 0 Å². The van der Waals surface area contributed by atoms with Crippen molar-refractivity contribution >= 4 is 108 Å². The Morgan fingerprint density at radius 2 is 0.984 bits per heavy atom. The first-order chi connectivity index (χ1) is 30.7. The largest absolute Gasteiger partial charge is 0.455 e. The third-order valence-corrected chi connectivity index (χ3v) is 13.9. The van der Waals surface area contributed by atoms with E-state index in [1.807, 2.05) is 23.5 Å². The number of thiophene rings is 1. The van der Waals surface area contributed by atoms with Crippen LogP contribution in [0, 0.1) is 0 Å². The van der Waals surface area contributed by atoms with Crippen molar-refractivity contribution in [1.82, 2.24) is 19.1 Å². The van der Waals surface area contributed by atoms with Gasteiger partial charge in [0.2, 0.25) is 5.95 Å². The molecule has 14 rings (SSSR count). The van der Waals surface area contributed by atoms with Crippen molar-refractivity contribution in [2.45, 2.75) is 0 Å². The number of fused-ring (bicyclic) bond motifs is 14. The van der Waals surface area contributed by atoms with E-state index in [-0.39, 0.29) is 0 Å². The van der Waals surface area contributed by atoms with E-state index in [0.717, 1.165) is 77.0 Å². The van der Waals surface area contributed by atoms with Crippen LogP contribution in [0.1, 0.15) is 0 Å². The van der Waals surface area contributed by atoms with Gasteiger partial charge in [0.25, 0.3) is 0 Å². The van der Waals surface area contributed by atoms with Crippen LogP contribution in [0.2, 0.25) is 0 Å². The molecule has 0 aliphatic carbocycles. The van der Waals surface area contributed by atoms with Gasteiger partial charge in [-0.15, -0.1) is 11.3 Å². The lowest BCUT2D eigenvalue weighted by Gasteiger charge is -2.12. The van der Waals surface area contributed by atoms with E-state index in [1.165, 1.54) is 47.7 Å². The maximum atomic E-state index is 6.66. The molecule has 0 bridgehead atoms. The van der Waals surface area contributed by atoms with E-state index in [0.29, 0.717) is 5.95 Å². The average molecular weight is 809 g/mol. The number of benzene rings is 9. The molecule has 0 saturated heterocycles. The van der Waals surface area contributed by atoms with Gasteiger partial charge in [-0.25, -0.2) is 9.97 Å². The first-order valence-corrected chi connectivity index (χ1v) is 21.7. The van der Waals surface area contributed by atoms with Crippen LogP contribution in [-0.4, -0.2) is 19.1 Å². The highest BCUT2D eigenvalue weighted by Gasteiger charge is 2.23. The zero-order chi connectivity index (χ0) is 40.5. The van der Waals surface area contributed by atoms with Gasteiger partial charge in [-0.3, -0.25) is 4.57 Å². The fourth-order valence-electron chi connectivity index (χ4n) is 9.97. The summed E-state index contributed by atoms with van der Waals surface area (Å²) >= 11 is 1.84. The fourth-order valence-corrected chi connectivity index (χ4v) is 11.2. The summed E-state index contributed by atoms with van der Waals surface area (Å²) in [5, 5.41) is 10.4. The van der Waals surface area contributed by atoms with E-state index in [4.69, 9.17) is 14.4 Å². The van der Waals surface area contributed by atoms with Crippen molar-refractivity contribution in [2.24, 2.45) is 0 Å². The van der Waals surface area contributed by atoms with Gasteiger partial charge in [-0.05, 0) is 71.8 Å². The molecule has 0 unspecified atom stereocenters. The van der Waals surface area contributed by atoms with Gasteiger partial charge < -0.3 is 8.98 Å². The number of nitrogens with zero attached hydrogens (tertiary/aromatic N) is 4. The van der Waals surface area contributed by atoms with Crippen LogP contribution < -0.4 is 0 Å². The van der Waals surface area contributed by atoms with Gasteiger partial charge >= 0.3 is 0 Å². The number of hydrogen-bond donors (Lipinski definition) is 0. The smallest absolute Gasteiger partial charge is 0.235 e. The van der Waals surface area contributed by atoms with Crippen molar-refractivity contribution in [3.8, 4) is 34.0 Å². The van der Waals surface area contributed by atoms with Gasteiger partial charge in [-0.1, -0.05) is 133 Å². The number of furan rings is 1. The van der Waals surface area contributed by atoms with Gasteiger partial charge in [0.05, 0.1) is 43.7 Å². The Morgan fingerprint density at radius 3 is 1.74 bits per heavy atom. The highest BCUT2D eigenvalue weighted by Crippen LogP contribution is 2.47. The molecule has 0 aliphatic heterocycles. The molecule has 62 heavy (non-hydrogen) atoms. The second-order valence-corrected chi connectivity index (χ2v) is 17.1. The predicted octanol–water partition coefficient (Wildman–Crippen LogP) is 15.4. The summed E-state index contributed by atoms with van der Waals surface area (Å²) in [6.45, 7) is 0. The number of rotatable bonds is 4. The second-order valence-electron chi connectivity index (χ2n) is 16.1. The van der Waals surface area contributed by atoms with Crippen molar-refractivity contribution in [3.63, 3.8) is 0 Å². The molecule has 288 valence electrons. The zero-order valence-corrected chi connectivity index (χ0v) is 33.9. The summed E-state index contributed by atoms with van der Waals surface area (Å²) in [6.07, 6.45) is 0. The second kappa shape index (κ2) is 12.7. The van der Waals surface area contributed by atoms with E-state index in [2.05, 4.69) is 191 Å². The molecule has 14 aromatic rings. The predicted molar refractivity (Wildman–Crippen MR) is 259 cm³/mol. The van der Waals surface area contributed by atoms with E-state index < -0.39 is 0 Å². The molecule has 5 heterocycles. The molecule has 0 saturated carbocycles. The van der Waals surface area contributed by atoms with Gasteiger partial charge in [0.15, 0.2) is 0 Å². The molecule has 0 amide bonds. The minimum atomic E-state index is 0.657. The minimum Gasteiger partial charge on any atom is -0.455 e. The molecule has 9 aromatic carbocycles. The number of hydrogen-bond acceptors (Lipinski definition) is 4. The zero-order valence-electron chi connectivity index (χ0n) is 33.1. The summed E-state index contributed by atoms with van der Waals surface area (Å²) < 4.78 is 13.8. The molecule has 5 nitrogen and oxygen atoms in total. The third-order valence-electron chi connectivity index (χ3n) is 12.7. The van der Waals surface area contributed by atoms with Crippen molar-refractivity contribution < 1.29 is 4.42 Å². The average Bonchev–Trinajstić information content (AvgIpc) is 4.09. The first kappa shape index (κ1) is 33.7. The first-order valence-electron chi connectivity index (χ1n) is 20.9. The monoisotopic (exact) mass is 808 g/mol. The molecular formula is C56H32N4OS. The Hall–Kier alpha value is -8.06. The Morgan fingerprint density at radius 1 is 0.403 bits per heavy atom. The van der Waals surface area contributed by atoms with Crippen LogP contribution in [0.25, 0.3) is 131 Å². The molecule has 0 fully saturated rings. The Kier molecular flexibility index (Phi) is 6.92. The minimum absolute atomic E-state index is 0.657. The lowest BCUT2D eigenvalue weighted by atomic mass is 10.0. The van der Waals surface area contributed by atoms with Crippen LogP contribution in [0.4, 0.5) is 0 Å². The number of para-hydroxylation sites is 4. The highest BCUT2D eigenvalue weighted by atomic mass is 32.1. The van der Waals surface area contributed by atoms with Gasteiger partial charge in [0, 0.05) is 58.7 Å². The van der Waals surface area contributed by atoms with Crippen molar-refractivity contribution in [3.05, 3.63) is 194 Å². The van der Waals surface area contributed by atoms with Crippen LogP contribution >= 0.6 is 11.3 Å². The number of aromatic nitrogens is 4. The van der Waals surface area contributed by atoms with Crippen LogP contribution in [0.3, 0.4) is 0 Å². The third kappa shape index (κ3) is 4.72. The standard InChI is InChI=1S/C56H32N4OS/c1-2-14-33(15-3-1)53-39-19-4-9-21-44(39)57-56(58-53)60-46-23-11-6-17-37(46)42-31-35(27-29-48(42)60)34-26-28-47-41(30-34)36-16-5-10-22-45(36)59(47)49-32-43-38-18-7-12-24-50(38)61-54(43)52-40-20-8-13-25-51(40)62-55(49)52/h1-32H. The lowest BCUT2D eigenvalue weighted by Crippen LogP contribution is -2.03. The van der Waals surface area contributed by atoms with E-state index in [1.54, 1.807) is 0 Å². The normalized spacial score (nSPS) is 12.2. The summed E-state index contributed by atoms with van der Waals surface area (Å²) in [6, 6.07) is 69.4. The Labute approximate surface area is 358 Å². The summed E-state index contributed by atoms with van der Waals surface area (Å²) in [7, 11) is 0. The summed E-state index contributed by atoms with van der Waals surface area (Å²) in [5.41, 5.74) is 12.7. The Bertz CT molecular complexity index is 4170. The van der Waals surface area contributed by atoms with Crippen LogP contribution in [0.15, 0.2) is 199 Å². The van der Waals surface area contributed by atoms with Crippen LogP contribution in [0.5, 0.6) is 0 Å². The van der Waals surface area contributed by atoms with Gasteiger partial charge in [-0.2, -0.15) is 0 Å². The quantitative estimate of drug-likeness (QED) is 0.178. The molecule has 0 atom stereocenters. The molecule has 0 radical (unpaired) electrons. The van der Waals surface area contributed by atoms with E-state index in [9.17, 15) is 0 Å². The maximum Gasteiger partial charge on any atom is 0.235 e. The maximum absolute atomic E-state index is 6.66. The SMILES string of the molecule is c1ccc(-c2nc(-n3c4ccccc4c4cc(-c5ccc6c(c5)c5ccccc5n6-c5cc6c7ccccc7oc6c6c5sc5ccccc56)ccc43)nc3ccccc23)cc1. The summed E-state index contributed by atoms with van der Waals surface area (Å²) in [5.74, 6) is 0.657. The molecule has 6 heteroatoms. The molecule has 0 aliphatic rings. The summed E-state index contributed by atoms with van der Waals surface area (Å²) in [4.78, 5) is 10.5. The lowest BCUT2D eigenvalue weighted by molar-refractivity contribution is 0.673. The van der Waals surface area contributed by atoms with Crippen molar-refractivity contribution in [2.75, 3.05) is 0 Å². The molecule has 0 spiro atoms. The van der Waals surface area contributed by atoms with Gasteiger partial charge in [0.1, 0.15) is 11.2 Å². The van der Waals surface area contributed by atoms with Crippen molar-refractivity contribution in [1.29, 1.82) is 0 Å². The highest BCUT2D eigenvalue weighted by molar-refractivity contribution is 7.26.